The number of phosphoric ester groups is 1. The Labute approximate surface area is 538 Å². The lowest BCUT2D eigenvalue weighted by Crippen LogP contribution is -2.37. The molecule has 2 atom stereocenters. The summed E-state index contributed by atoms with van der Waals surface area (Å²) in [5.74, 6) is -0.893. The van der Waals surface area contributed by atoms with Gasteiger partial charge in [0.25, 0.3) is 7.82 Å². The molecule has 0 radical (unpaired) electrons. The van der Waals surface area contributed by atoms with Gasteiger partial charge in [-0.3, -0.25) is 14.2 Å². The molecule has 0 rings (SSSR count). The van der Waals surface area contributed by atoms with E-state index >= 15 is 0 Å². The van der Waals surface area contributed by atoms with Gasteiger partial charge in [-0.25, -0.2) is 0 Å². The van der Waals surface area contributed by atoms with Crippen molar-refractivity contribution in [3.63, 3.8) is 0 Å². The first-order chi connectivity index (χ1) is 43.0. The highest BCUT2D eigenvalue weighted by Gasteiger charge is 2.22. The minimum absolute atomic E-state index is 0.0497. The Hall–Kier alpha value is -5.41. The van der Waals surface area contributed by atoms with Crippen molar-refractivity contribution in [3.8, 4) is 0 Å². The van der Waals surface area contributed by atoms with Crippen LogP contribution in [0.15, 0.2) is 207 Å². The molecule has 0 N–H and O–H groups in total. The zero-order valence-corrected chi connectivity index (χ0v) is 56.7. The van der Waals surface area contributed by atoms with Gasteiger partial charge >= 0.3 is 11.9 Å². The molecular formula is C78H122NO8P. The van der Waals surface area contributed by atoms with E-state index in [0.717, 1.165) is 167 Å². The molecule has 0 amide bonds. The van der Waals surface area contributed by atoms with E-state index in [4.69, 9.17) is 18.5 Å². The van der Waals surface area contributed by atoms with Crippen LogP contribution in [0.25, 0.3) is 0 Å². The number of quaternary nitrogens is 1. The van der Waals surface area contributed by atoms with Crippen molar-refractivity contribution in [2.45, 2.75) is 225 Å². The monoisotopic (exact) mass is 1230 g/mol. The van der Waals surface area contributed by atoms with E-state index in [9.17, 15) is 19.0 Å². The molecule has 0 spiro atoms. The van der Waals surface area contributed by atoms with Crippen molar-refractivity contribution in [1.29, 1.82) is 0 Å². The predicted octanol–water partition coefficient (Wildman–Crippen LogP) is 21.6. The lowest BCUT2D eigenvalue weighted by atomic mass is 10.1. The smallest absolute Gasteiger partial charge is 0.306 e. The number of likely N-dealkylation sites (N-methyl/N-ethyl adjacent to an activating group) is 1. The second-order valence-corrected chi connectivity index (χ2v) is 24.1. The van der Waals surface area contributed by atoms with Crippen molar-refractivity contribution in [1.82, 2.24) is 0 Å². The summed E-state index contributed by atoms with van der Waals surface area (Å²) in [7, 11) is 1.11. The third-order valence-corrected chi connectivity index (χ3v) is 14.3. The Bertz CT molecular complexity index is 2240. The second kappa shape index (κ2) is 66.0. The number of hydrogen-bond acceptors (Lipinski definition) is 8. The van der Waals surface area contributed by atoms with Crippen LogP contribution in [0.3, 0.4) is 0 Å². The fraction of sp³-hybridized carbons (Fsp3) is 0.538. The Kier molecular flexibility index (Phi) is 62.0. The van der Waals surface area contributed by atoms with Crippen molar-refractivity contribution in [2.75, 3.05) is 47.5 Å². The van der Waals surface area contributed by atoms with Crippen molar-refractivity contribution in [2.24, 2.45) is 0 Å². The van der Waals surface area contributed by atoms with Gasteiger partial charge in [0.15, 0.2) is 6.10 Å². The molecule has 88 heavy (non-hydrogen) atoms. The molecule has 10 heteroatoms. The normalized spacial score (nSPS) is 14.5. The topological polar surface area (TPSA) is 111 Å². The number of nitrogens with zero attached hydrogens (tertiary/aromatic N) is 1. The van der Waals surface area contributed by atoms with E-state index in [2.05, 4.69) is 220 Å². The summed E-state index contributed by atoms with van der Waals surface area (Å²) in [6.45, 7) is 3.93. The SMILES string of the molecule is CC/C=C\C/C=C\C/C=C\C/C=C\C/C=C\C/C=C\C/C=C\C/C=C\C/C=C\C/C=C\C/C=C\CCCCCCCCCC(=O)OC(COC(=O)CCCCCC/C=C\C/C=C\C/C=C\C/C=C\C/C=C\C/C=C\CC)COP(=O)([O-])OCC[N+](C)(C)C. The van der Waals surface area contributed by atoms with Gasteiger partial charge < -0.3 is 27.9 Å². The van der Waals surface area contributed by atoms with Gasteiger partial charge in [0.05, 0.1) is 27.7 Å². The van der Waals surface area contributed by atoms with Crippen molar-refractivity contribution in [3.05, 3.63) is 207 Å². The fourth-order valence-corrected chi connectivity index (χ4v) is 8.92. The standard InChI is InChI=1S/C78H122NO8P/c1-6-8-10-12-14-16-18-20-22-24-26-28-30-31-32-33-34-35-36-37-38-39-40-41-42-43-44-45-46-47-49-51-53-55-57-59-61-63-65-67-69-71-78(81)87-76(75-86-88(82,83)85-73-72-79(3,4)5)74-84-77(80)70-68-66-64-62-60-58-56-54-52-50-48-29-27-25-23-21-19-17-15-13-11-9-7-2/h8-11,14-17,20-23,26-29,31-32,34-35,37-38,40-41,43-44,46-47,50-53,56,58,76H,6-7,12-13,18-19,24-25,30,33,36,39,42,45,48-49,54-55,57,59-75H2,1-5H3/b10-8-,11-9-,16-14-,17-15-,22-20-,23-21-,28-26-,29-27-,32-31-,35-34-,38-37-,41-40-,44-43-,47-46-,52-50-,53-51-,58-56-. The number of rotatable bonds is 59. The van der Waals surface area contributed by atoms with Gasteiger partial charge in [-0.2, -0.15) is 0 Å². The van der Waals surface area contributed by atoms with Gasteiger partial charge in [-0.1, -0.05) is 265 Å². The second-order valence-electron chi connectivity index (χ2n) is 22.7. The molecule has 9 nitrogen and oxygen atoms in total. The van der Waals surface area contributed by atoms with Crippen LogP contribution in [-0.4, -0.2) is 70.0 Å². The van der Waals surface area contributed by atoms with E-state index in [-0.39, 0.29) is 26.1 Å². The summed E-state index contributed by atoms with van der Waals surface area (Å²) < 4.78 is 34.2. The van der Waals surface area contributed by atoms with E-state index in [1.807, 2.05) is 21.1 Å². The Balaban J connectivity index is 4.21. The van der Waals surface area contributed by atoms with Crippen LogP contribution in [0.1, 0.15) is 219 Å². The zero-order chi connectivity index (χ0) is 64.1. The van der Waals surface area contributed by atoms with Gasteiger partial charge in [0.1, 0.15) is 19.8 Å². The number of carbonyl (C=O) groups excluding carboxylic acids is 2. The van der Waals surface area contributed by atoms with Crippen LogP contribution >= 0.6 is 7.82 Å². The third-order valence-electron chi connectivity index (χ3n) is 13.3. The number of allylic oxidation sites excluding steroid dienone is 34. The van der Waals surface area contributed by atoms with Gasteiger partial charge in [-0.15, -0.1) is 0 Å². The summed E-state index contributed by atoms with van der Waals surface area (Å²) in [6, 6.07) is 0. The maximum atomic E-state index is 12.8. The van der Waals surface area contributed by atoms with Crippen LogP contribution in [0.5, 0.6) is 0 Å². The summed E-state index contributed by atoms with van der Waals surface area (Å²) in [5, 5.41) is 0. The molecular weight excluding hydrogens is 1110 g/mol. The average molecular weight is 1230 g/mol. The zero-order valence-electron chi connectivity index (χ0n) is 55.8. The van der Waals surface area contributed by atoms with Crippen LogP contribution in [0, 0.1) is 0 Å². The fourth-order valence-electron chi connectivity index (χ4n) is 8.19. The molecule has 492 valence electrons. The molecule has 0 heterocycles. The average Bonchev–Trinajstić information content (AvgIpc) is 3.58. The van der Waals surface area contributed by atoms with Crippen molar-refractivity contribution < 1.29 is 42.1 Å². The maximum Gasteiger partial charge on any atom is 0.306 e. The van der Waals surface area contributed by atoms with Crippen molar-refractivity contribution >= 4 is 19.8 Å². The number of phosphoric acid groups is 1. The molecule has 0 aromatic heterocycles. The quantitative estimate of drug-likeness (QED) is 0.0195. The first-order valence-corrected chi connectivity index (χ1v) is 35.3. The summed E-state index contributed by atoms with van der Waals surface area (Å²) >= 11 is 0. The molecule has 2 unspecified atom stereocenters. The number of hydrogen-bond donors (Lipinski definition) is 0. The van der Waals surface area contributed by atoms with Gasteiger partial charge in [-0.05, 0) is 148 Å². The van der Waals surface area contributed by atoms with Gasteiger partial charge in [0.2, 0.25) is 0 Å². The Morgan fingerprint density at radius 2 is 0.614 bits per heavy atom. The molecule has 0 aliphatic carbocycles. The van der Waals surface area contributed by atoms with E-state index in [1.165, 1.54) is 12.8 Å². The maximum absolute atomic E-state index is 12.8. The van der Waals surface area contributed by atoms with Gasteiger partial charge in [0, 0.05) is 12.8 Å². The molecule has 0 aromatic rings. The Morgan fingerprint density at radius 1 is 0.352 bits per heavy atom. The highest BCUT2D eigenvalue weighted by atomic mass is 31.2. The summed E-state index contributed by atoms with van der Waals surface area (Å²) in [6.07, 6.45) is 105. The van der Waals surface area contributed by atoms with E-state index in [0.29, 0.717) is 23.9 Å². The summed E-state index contributed by atoms with van der Waals surface area (Å²) in [5.41, 5.74) is 0. The summed E-state index contributed by atoms with van der Waals surface area (Å²) in [4.78, 5) is 38.0. The Morgan fingerprint density at radius 3 is 0.909 bits per heavy atom. The lowest BCUT2D eigenvalue weighted by Gasteiger charge is -2.28. The third kappa shape index (κ3) is 69.7. The highest BCUT2D eigenvalue weighted by molar-refractivity contribution is 7.45. The lowest BCUT2D eigenvalue weighted by molar-refractivity contribution is -0.870. The van der Waals surface area contributed by atoms with Crippen LogP contribution < -0.4 is 4.89 Å². The highest BCUT2D eigenvalue weighted by Crippen LogP contribution is 2.38. The minimum Gasteiger partial charge on any atom is -0.756 e. The molecule has 0 aliphatic rings. The minimum atomic E-state index is -4.67. The number of carbonyl (C=O) groups is 2. The van der Waals surface area contributed by atoms with Crippen LogP contribution in [-0.2, 0) is 32.7 Å². The first-order valence-electron chi connectivity index (χ1n) is 33.8. The largest absolute Gasteiger partial charge is 0.756 e. The van der Waals surface area contributed by atoms with Crippen LogP contribution in [0.4, 0.5) is 0 Å². The van der Waals surface area contributed by atoms with E-state index in [1.54, 1.807) is 0 Å². The number of esters is 2. The van der Waals surface area contributed by atoms with E-state index < -0.39 is 32.5 Å². The molecule has 0 fully saturated rings. The predicted molar refractivity (Wildman–Crippen MR) is 378 cm³/mol. The first kappa shape index (κ1) is 82.6. The number of unbranched alkanes of at least 4 members (excludes halogenated alkanes) is 11. The molecule has 0 saturated heterocycles. The van der Waals surface area contributed by atoms with Crippen LogP contribution in [0.2, 0.25) is 0 Å². The molecule has 0 bridgehead atoms. The molecule has 0 aromatic carbocycles. The molecule has 0 saturated carbocycles. The number of ether oxygens (including phenoxy) is 2. The molecule has 0 aliphatic heterocycles.